The van der Waals surface area contributed by atoms with E-state index in [-0.39, 0.29) is 17.5 Å². The molecule has 1 aromatic carbocycles. The fourth-order valence-electron chi connectivity index (χ4n) is 4.51. The lowest BCUT2D eigenvalue weighted by Crippen LogP contribution is -2.35. The zero-order chi connectivity index (χ0) is 23.7. The number of β-amino-alcohol motifs (C(OH)–C–C–N with tert-alkyl or cyclic N) is 1. The summed E-state index contributed by atoms with van der Waals surface area (Å²) in [6.45, 7) is 4.39. The fourth-order valence-corrected chi connectivity index (χ4v) is 5.00. The first kappa shape index (κ1) is 23.2. The summed E-state index contributed by atoms with van der Waals surface area (Å²) in [7, 11) is 0. The predicted octanol–water partition coefficient (Wildman–Crippen LogP) is 3.31. The number of anilines is 2. The molecule has 34 heavy (non-hydrogen) atoms. The maximum Gasteiger partial charge on any atom is 0.181 e. The summed E-state index contributed by atoms with van der Waals surface area (Å²) in [5.74, 6) is 1.81. The van der Waals surface area contributed by atoms with E-state index in [0.29, 0.717) is 54.1 Å². The van der Waals surface area contributed by atoms with Crippen LogP contribution in [0.1, 0.15) is 30.1 Å². The summed E-state index contributed by atoms with van der Waals surface area (Å²) in [6.07, 6.45) is 1.91. The molecule has 12 heteroatoms. The molecule has 1 saturated heterocycles. The molecule has 0 bridgehead atoms. The molecule has 4 heterocycles. The van der Waals surface area contributed by atoms with Crippen molar-refractivity contribution < 1.29 is 9.50 Å². The normalized spacial score (nSPS) is 17.0. The molecule has 2 aliphatic rings. The van der Waals surface area contributed by atoms with Crippen LogP contribution < -0.4 is 10.2 Å². The summed E-state index contributed by atoms with van der Waals surface area (Å²) in [6, 6.07) is 4.67. The number of hydrogen-bond acceptors (Lipinski definition) is 8. The van der Waals surface area contributed by atoms with Crippen LogP contribution in [0.5, 0.6) is 0 Å². The van der Waals surface area contributed by atoms with Crippen LogP contribution in [0.4, 0.5) is 15.9 Å². The second-order valence-corrected chi connectivity index (χ2v) is 9.32. The maximum atomic E-state index is 14.0. The number of aromatic amines is 1. The molecule has 9 nitrogen and oxygen atoms in total. The van der Waals surface area contributed by atoms with Gasteiger partial charge in [0.1, 0.15) is 17.3 Å². The molecule has 5 rings (SSSR count). The van der Waals surface area contributed by atoms with Gasteiger partial charge in [0.25, 0.3) is 0 Å². The third kappa shape index (κ3) is 4.68. The Bertz CT molecular complexity index is 1170. The molecular weight excluding hydrogens is 482 g/mol. The lowest BCUT2D eigenvalue weighted by atomic mass is 9.96. The minimum atomic E-state index is -0.499. The lowest BCUT2D eigenvalue weighted by molar-refractivity contribution is 0.163. The van der Waals surface area contributed by atoms with E-state index in [0.717, 1.165) is 37.4 Å². The van der Waals surface area contributed by atoms with E-state index < -0.39 is 5.82 Å². The van der Waals surface area contributed by atoms with Gasteiger partial charge in [-0.2, -0.15) is 0 Å². The molecule has 0 amide bonds. The van der Waals surface area contributed by atoms with E-state index in [1.54, 1.807) is 0 Å². The summed E-state index contributed by atoms with van der Waals surface area (Å²) in [4.78, 5) is 7.62. The summed E-state index contributed by atoms with van der Waals surface area (Å²) in [5, 5.41) is 30.2. The Morgan fingerprint density at radius 1 is 1.09 bits per heavy atom. The number of rotatable bonds is 6. The molecule has 1 fully saturated rings. The van der Waals surface area contributed by atoms with Crippen LogP contribution in [0.25, 0.3) is 11.5 Å². The highest BCUT2D eigenvalue weighted by Gasteiger charge is 2.25. The monoisotopic (exact) mass is 506 g/mol. The average Bonchev–Trinajstić information content (AvgIpc) is 3.35. The number of piperidine rings is 1. The van der Waals surface area contributed by atoms with Crippen LogP contribution in [0.15, 0.2) is 18.2 Å². The number of nitrogens with one attached hydrogen (secondary N) is 2. The number of fused-ring (bicyclic) bond motifs is 1. The molecule has 0 spiro atoms. The van der Waals surface area contributed by atoms with E-state index in [1.807, 2.05) is 11.0 Å². The number of aliphatic hydroxyl groups excluding tert-OH is 1. The van der Waals surface area contributed by atoms with Gasteiger partial charge in [-0.1, -0.05) is 23.2 Å². The van der Waals surface area contributed by atoms with E-state index >= 15 is 0 Å². The number of benzene rings is 1. The predicted molar refractivity (Wildman–Crippen MR) is 129 cm³/mol. The zero-order valence-corrected chi connectivity index (χ0v) is 19.9. The van der Waals surface area contributed by atoms with Gasteiger partial charge in [-0.05, 0) is 44.1 Å². The quantitative estimate of drug-likeness (QED) is 0.437. The van der Waals surface area contributed by atoms with E-state index in [4.69, 9.17) is 28.3 Å². The molecule has 0 saturated carbocycles. The minimum absolute atomic E-state index is 0.0275. The van der Waals surface area contributed by atoms with Crippen LogP contribution in [0, 0.1) is 5.82 Å². The Balaban J connectivity index is 1.37. The first-order valence-corrected chi connectivity index (χ1v) is 12.0. The lowest BCUT2D eigenvalue weighted by Gasteiger charge is -2.31. The average molecular weight is 507 g/mol. The first-order valence-electron chi connectivity index (χ1n) is 11.3. The number of aliphatic hydroxyl groups is 1. The number of likely N-dealkylation sites (tertiary alicyclic amines) is 1. The largest absolute Gasteiger partial charge is 0.395 e. The first-order chi connectivity index (χ1) is 16.5. The Morgan fingerprint density at radius 3 is 2.71 bits per heavy atom. The van der Waals surface area contributed by atoms with E-state index in [9.17, 15) is 4.39 Å². The Kier molecular flexibility index (Phi) is 6.82. The summed E-state index contributed by atoms with van der Waals surface area (Å²) < 4.78 is 14.0. The van der Waals surface area contributed by atoms with Gasteiger partial charge in [0.15, 0.2) is 11.6 Å². The smallest absolute Gasteiger partial charge is 0.181 e. The van der Waals surface area contributed by atoms with Crippen molar-refractivity contribution in [3.8, 4) is 11.5 Å². The number of nitrogens with zero attached hydrogens (tertiary/aromatic N) is 6. The molecule has 0 unspecified atom stereocenters. The van der Waals surface area contributed by atoms with Crippen LogP contribution in [-0.2, 0) is 6.54 Å². The van der Waals surface area contributed by atoms with Crippen molar-refractivity contribution in [2.75, 3.05) is 49.5 Å². The SMILES string of the molecule is OCCN1CCC(c2nnc(-c3cc4c(nn3)NCCN4Cc3c(Cl)ccc(F)c3Cl)[nH]2)CC1. The minimum Gasteiger partial charge on any atom is -0.395 e. The van der Waals surface area contributed by atoms with Gasteiger partial charge in [-0.15, -0.1) is 20.4 Å². The van der Waals surface area contributed by atoms with Crippen LogP contribution in [-0.4, -0.2) is 74.7 Å². The molecular formula is C22H25Cl2FN8O. The topological polar surface area (TPSA) is 106 Å². The zero-order valence-electron chi connectivity index (χ0n) is 18.4. The summed E-state index contributed by atoms with van der Waals surface area (Å²) >= 11 is 12.5. The van der Waals surface area contributed by atoms with Gasteiger partial charge < -0.3 is 25.2 Å². The molecule has 0 aliphatic carbocycles. The molecule has 0 radical (unpaired) electrons. The van der Waals surface area contributed by atoms with Crippen molar-refractivity contribution in [1.29, 1.82) is 0 Å². The van der Waals surface area contributed by atoms with Crippen molar-refractivity contribution in [2.45, 2.75) is 25.3 Å². The Morgan fingerprint density at radius 2 is 1.91 bits per heavy atom. The van der Waals surface area contributed by atoms with Crippen LogP contribution in [0.3, 0.4) is 0 Å². The molecule has 2 aromatic heterocycles. The highest BCUT2D eigenvalue weighted by Crippen LogP contribution is 2.35. The van der Waals surface area contributed by atoms with Crippen molar-refractivity contribution >= 4 is 34.7 Å². The molecule has 3 aromatic rings. The van der Waals surface area contributed by atoms with Crippen molar-refractivity contribution in [3.05, 3.63) is 45.4 Å². The molecule has 180 valence electrons. The van der Waals surface area contributed by atoms with Gasteiger partial charge in [0.05, 0.1) is 17.3 Å². The number of aromatic nitrogens is 5. The van der Waals surface area contributed by atoms with Crippen molar-refractivity contribution in [3.63, 3.8) is 0 Å². The Hall–Kier alpha value is -2.53. The van der Waals surface area contributed by atoms with Gasteiger partial charge in [0.2, 0.25) is 0 Å². The third-order valence-corrected chi connectivity index (χ3v) is 7.18. The molecule has 2 aliphatic heterocycles. The second kappa shape index (κ2) is 9.99. The van der Waals surface area contributed by atoms with Crippen molar-refractivity contribution in [1.82, 2.24) is 30.3 Å². The highest BCUT2D eigenvalue weighted by molar-refractivity contribution is 6.36. The molecule has 3 N–H and O–H groups in total. The van der Waals surface area contributed by atoms with Gasteiger partial charge in [-0.25, -0.2) is 4.39 Å². The Labute approximate surface area is 206 Å². The standard InChI is InChI=1S/C22H25Cl2FN8O/c23-15-1-2-16(25)19(24)14(15)12-33-8-5-26-22-18(33)11-17(28-31-22)21-27-20(29-30-21)13-3-6-32(7-4-13)9-10-34/h1-2,11,13,34H,3-10,12H2,(H,26,31)(H,27,29,30). The third-order valence-electron chi connectivity index (χ3n) is 6.41. The molecule has 0 atom stereocenters. The number of hydrogen-bond donors (Lipinski definition) is 3. The van der Waals surface area contributed by atoms with Crippen molar-refractivity contribution in [2.24, 2.45) is 0 Å². The highest BCUT2D eigenvalue weighted by atomic mass is 35.5. The van der Waals surface area contributed by atoms with Gasteiger partial charge >= 0.3 is 0 Å². The van der Waals surface area contributed by atoms with Gasteiger partial charge in [0, 0.05) is 42.7 Å². The maximum absolute atomic E-state index is 14.0. The van der Waals surface area contributed by atoms with Crippen LogP contribution in [0.2, 0.25) is 10.0 Å². The summed E-state index contributed by atoms with van der Waals surface area (Å²) in [5.41, 5.74) is 1.91. The van der Waals surface area contributed by atoms with E-state index in [1.165, 1.54) is 12.1 Å². The number of halogens is 3. The van der Waals surface area contributed by atoms with E-state index in [2.05, 4.69) is 35.6 Å². The van der Waals surface area contributed by atoms with Gasteiger partial charge in [-0.3, -0.25) is 0 Å². The number of H-pyrrole nitrogens is 1. The second-order valence-electron chi connectivity index (χ2n) is 8.53. The van der Waals surface area contributed by atoms with Crippen LogP contribution >= 0.6 is 23.2 Å². The fraction of sp³-hybridized carbons (Fsp3) is 0.455.